The summed E-state index contributed by atoms with van der Waals surface area (Å²) < 4.78 is 11.3. The van der Waals surface area contributed by atoms with Crippen LogP contribution in [-0.4, -0.2) is 20.4 Å². The van der Waals surface area contributed by atoms with E-state index in [0.29, 0.717) is 24.0 Å². The van der Waals surface area contributed by atoms with Crippen molar-refractivity contribution >= 4 is 14.0 Å². The van der Waals surface area contributed by atoms with Crippen LogP contribution < -0.4 is 4.74 Å². The Morgan fingerprint density at radius 3 is 2.57 bits per heavy atom. The van der Waals surface area contributed by atoms with E-state index < -0.39 is 18.8 Å². The Kier molecular flexibility index (Phi) is 3.78. The monoisotopic (exact) mass is 306 g/mol. The number of methoxy groups -OCH3 is 1. The number of hydrogen-bond acceptors (Lipinski definition) is 5. The standard InChI is InChI=1S/C14H18N2O4Si/c1-19-13-10-7-8-14(9-15,20-21(2,3)4)11(10)5-6-12(13)16(17)18/h5-6H,7-8H2,1-4H3. The fourth-order valence-electron chi connectivity index (χ4n) is 2.82. The highest BCUT2D eigenvalue weighted by Gasteiger charge is 2.45. The fourth-order valence-corrected chi connectivity index (χ4v) is 4.12. The van der Waals surface area contributed by atoms with Gasteiger partial charge in [-0.3, -0.25) is 10.1 Å². The summed E-state index contributed by atoms with van der Waals surface area (Å²) in [4.78, 5) is 10.6. The van der Waals surface area contributed by atoms with E-state index in [9.17, 15) is 15.4 Å². The van der Waals surface area contributed by atoms with Gasteiger partial charge in [-0.25, -0.2) is 0 Å². The smallest absolute Gasteiger partial charge is 0.311 e. The van der Waals surface area contributed by atoms with Gasteiger partial charge in [0.1, 0.15) is 6.07 Å². The molecule has 0 aliphatic heterocycles. The van der Waals surface area contributed by atoms with Gasteiger partial charge in [0.15, 0.2) is 19.7 Å². The summed E-state index contributed by atoms with van der Waals surface area (Å²) in [7, 11) is -0.533. The molecule has 0 heterocycles. The molecule has 0 spiro atoms. The van der Waals surface area contributed by atoms with E-state index in [4.69, 9.17) is 9.16 Å². The molecule has 1 unspecified atom stereocenters. The SMILES string of the molecule is COc1c([N+](=O)[O-])ccc2c1CCC2(C#N)O[Si](C)(C)C. The maximum atomic E-state index is 11.1. The molecular formula is C14H18N2O4Si. The zero-order valence-corrected chi connectivity index (χ0v) is 13.6. The van der Waals surface area contributed by atoms with E-state index in [1.54, 1.807) is 6.07 Å². The van der Waals surface area contributed by atoms with Crippen LogP contribution in [0.5, 0.6) is 5.75 Å². The molecule has 0 radical (unpaired) electrons. The average molecular weight is 306 g/mol. The van der Waals surface area contributed by atoms with E-state index in [0.717, 1.165) is 0 Å². The Hall–Kier alpha value is -1.91. The number of fused-ring (bicyclic) bond motifs is 1. The molecule has 0 bridgehead atoms. The number of nitrogens with zero attached hydrogens (tertiary/aromatic N) is 2. The Morgan fingerprint density at radius 1 is 1.43 bits per heavy atom. The normalized spacial score (nSPS) is 20.7. The van der Waals surface area contributed by atoms with E-state index in [-0.39, 0.29) is 11.4 Å². The topological polar surface area (TPSA) is 85.4 Å². The van der Waals surface area contributed by atoms with Gasteiger partial charge < -0.3 is 9.16 Å². The van der Waals surface area contributed by atoms with Crippen molar-refractivity contribution in [2.75, 3.05) is 7.11 Å². The molecular weight excluding hydrogens is 288 g/mol. The van der Waals surface area contributed by atoms with Crippen LogP contribution in [0.2, 0.25) is 19.6 Å². The van der Waals surface area contributed by atoms with Crippen LogP contribution in [-0.2, 0) is 16.4 Å². The molecule has 21 heavy (non-hydrogen) atoms. The molecule has 2 rings (SSSR count). The number of hydrogen-bond donors (Lipinski definition) is 0. The van der Waals surface area contributed by atoms with Gasteiger partial charge in [0.25, 0.3) is 0 Å². The zero-order chi connectivity index (χ0) is 15.8. The molecule has 7 heteroatoms. The van der Waals surface area contributed by atoms with Crippen LogP contribution in [0.3, 0.4) is 0 Å². The molecule has 112 valence electrons. The quantitative estimate of drug-likeness (QED) is 0.484. The highest BCUT2D eigenvalue weighted by atomic mass is 28.4. The molecule has 0 fully saturated rings. The van der Waals surface area contributed by atoms with E-state index in [1.807, 2.05) is 19.6 Å². The first-order valence-electron chi connectivity index (χ1n) is 6.70. The maximum Gasteiger partial charge on any atom is 0.311 e. The van der Waals surface area contributed by atoms with Gasteiger partial charge in [-0.15, -0.1) is 0 Å². The minimum absolute atomic E-state index is 0.0713. The molecule has 0 saturated heterocycles. The number of nitro benzene ring substituents is 1. The van der Waals surface area contributed by atoms with Gasteiger partial charge in [0.05, 0.1) is 12.0 Å². The second-order valence-electron chi connectivity index (χ2n) is 6.05. The van der Waals surface area contributed by atoms with Crippen molar-refractivity contribution in [2.45, 2.75) is 38.1 Å². The maximum absolute atomic E-state index is 11.1. The van der Waals surface area contributed by atoms with Gasteiger partial charge >= 0.3 is 5.69 Å². The molecule has 1 atom stereocenters. The molecule has 0 amide bonds. The Balaban J connectivity index is 2.60. The van der Waals surface area contributed by atoms with Crippen molar-refractivity contribution in [1.29, 1.82) is 5.26 Å². The summed E-state index contributed by atoms with van der Waals surface area (Å²) in [5.74, 6) is 0.244. The third-order valence-electron chi connectivity index (χ3n) is 3.46. The summed E-state index contributed by atoms with van der Waals surface area (Å²) in [5.41, 5.74) is 0.335. The highest BCUT2D eigenvalue weighted by molar-refractivity contribution is 6.69. The lowest BCUT2D eigenvalue weighted by Gasteiger charge is -2.31. The molecule has 1 aromatic rings. The van der Waals surface area contributed by atoms with Crippen molar-refractivity contribution < 1.29 is 14.1 Å². The zero-order valence-electron chi connectivity index (χ0n) is 12.6. The third kappa shape index (κ3) is 2.64. The van der Waals surface area contributed by atoms with Crippen molar-refractivity contribution in [3.8, 4) is 11.8 Å². The average Bonchev–Trinajstić information content (AvgIpc) is 2.75. The Morgan fingerprint density at radius 2 is 2.10 bits per heavy atom. The number of ether oxygens (including phenoxy) is 1. The lowest BCUT2D eigenvalue weighted by molar-refractivity contribution is -0.385. The minimum Gasteiger partial charge on any atom is -0.490 e. The van der Waals surface area contributed by atoms with Crippen molar-refractivity contribution in [1.82, 2.24) is 0 Å². The van der Waals surface area contributed by atoms with Gasteiger partial charge in [-0.05, 0) is 38.5 Å². The van der Waals surface area contributed by atoms with Gasteiger partial charge in [-0.2, -0.15) is 5.26 Å². The first kappa shape index (κ1) is 15.5. The predicted octanol–water partition coefficient (Wildman–Crippen LogP) is 3.12. The summed E-state index contributed by atoms with van der Waals surface area (Å²) in [6.07, 6.45) is 1.04. The molecule has 1 aromatic carbocycles. The first-order valence-corrected chi connectivity index (χ1v) is 10.1. The third-order valence-corrected chi connectivity index (χ3v) is 4.42. The lowest BCUT2D eigenvalue weighted by Crippen LogP contribution is -2.38. The van der Waals surface area contributed by atoms with Crippen LogP contribution >= 0.6 is 0 Å². The second kappa shape index (κ2) is 5.13. The Labute approximate surface area is 124 Å². The van der Waals surface area contributed by atoms with E-state index in [1.165, 1.54) is 13.2 Å². The number of nitriles is 1. The second-order valence-corrected chi connectivity index (χ2v) is 10.5. The number of rotatable bonds is 4. The van der Waals surface area contributed by atoms with Gasteiger partial charge in [0, 0.05) is 17.2 Å². The van der Waals surface area contributed by atoms with Crippen LogP contribution in [0, 0.1) is 21.4 Å². The number of nitro groups is 1. The summed E-state index contributed by atoms with van der Waals surface area (Å²) in [6, 6.07) is 5.30. The summed E-state index contributed by atoms with van der Waals surface area (Å²) in [6.45, 7) is 6.06. The predicted molar refractivity (Wildman–Crippen MR) is 79.7 cm³/mol. The van der Waals surface area contributed by atoms with Crippen molar-refractivity contribution in [2.24, 2.45) is 0 Å². The minimum atomic E-state index is -1.94. The fraction of sp³-hybridized carbons (Fsp3) is 0.500. The van der Waals surface area contributed by atoms with Gasteiger partial charge in [0.2, 0.25) is 0 Å². The highest BCUT2D eigenvalue weighted by Crippen LogP contribution is 2.47. The van der Waals surface area contributed by atoms with Crippen LogP contribution in [0.15, 0.2) is 12.1 Å². The van der Waals surface area contributed by atoms with Crippen molar-refractivity contribution in [3.63, 3.8) is 0 Å². The number of benzene rings is 1. The van der Waals surface area contributed by atoms with Crippen LogP contribution in [0.1, 0.15) is 17.5 Å². The first-order chi connectivity index (χ1) is 9.74. The summed E-state index contributed by atoms with van der Waals surface area (Å²) >= 11 is 0. The Bertz CT molecular complexity index is 633. The molecule has 1 aliphatic rings. The lowest BCUT2D eigenvalue weighted by atomic mass is 9.97. The molecule has 6 nitrogen and oxygen atoms in total. The largest absolute Gasteiger partial charge is 0.490 e. The molecule has 1 aliphatic carbocycles. The molecule has 0 aromatic heterocycles. The molecule has 0 N–H and O–H groups in total. The van der Waals surface area contributed by atoms with E-state index in [2.05, 4.69) is 6.07 Å². The van der Waals surface area contributed by atoms with Gasteiger partial charge in [-0.1, -0.05) is 0 Å². The summed E-state index contributed by atoms with van der Waals surface area (Å²) in [5, 5.41) is 20.7. The van der Waals surface area contributed by atoms with Crippen LogP contribution in [0.25, 0.3) is 0 Å². The van der Waals surface area contributed by atoms with E-state index >= 15 is 0 Å². The van der Waals surface area contributed by atoms with Crippen molar-refractivity contribution in [3.05, 3.63) is 33.4 Å². The van der Waals surface area contributed by atoms with Crippen LogP contribution in [0.4, 0.5) is 5.69 Å². The molecule has 0 saturated carbocycles.